The average molecular weight is 408 g/mol. The van der Waals surface area contributed by atoms with Crippen molar-refractivity contribution in [3.8, 4) is 0 Å². The van der Waals surface area contributed by atoms with Crippen LogP contribution in [0.2, 0.25) is 0 Å². The van der Waals surface area contributed by atoms with Gasteiger partial charge in [-0.05, 0) is 12.1 Å². The number of hydrogen-bond donors (Lipinski definition) is 1. The molecule has 136 valence electrons. The van der Waals surface area contributed by atoms with Crippen molar-refractivity contribution in [2.75, 3.05) is 35.2 Å². The Morgan fingerprint density at radius 2 is 2.23 bits per heavy atom. The Bertz CT molecular complexity index is 877. The number of thiazole rings is 1. The molecule has 0 saturated carbocycles. The molecule has 4 rings (SSSR count). The summed E-state index contributed by atoms with van der Waals surface area (Å²) in [5, 5.41) is 4.64. The minimum Gasteiger partial charge on any atom is -0.467 e. The number of furan rings is 1. The molecular formula is C16H17N5O2S3. The highest BCUT2D eigenvalue weighted by molar-refractivity contribution is 8.00. The third-order valence-corrected chi connectivity index (χ3v) is 6.98. The average Bonchev–Trinajstić information content (AvgIpc) is 3.35. The van der Waals surface area contributed by atoms with Gasteiger partial charge in [-0.3, -0.25) is 4.79 Å². The summed E-state index contributed by atoms with van der Waals surface area (Å²) in [6.45, 7) is 2.41. The van der Waals surface area contributed by atoms with Crippen LogP contribution >= 0.6 is 34.9 Å². The van der Waals surface area contributed by atoms with Gasteiger partial charge in [-0.2, -0.15) is 16.7 Å². The van der Waals surface area contributed by atoms with Crippen LogP contribution in [0.3, 0.4) is 0 Å². The molecule has 3 aromatic rings. The van der Waals surface area contributed by atoms with E-state index in [9.17, 15) is 4.79 Å². The number of nitrogens with one attached hydrogen (secondary N) is 1. The molecule has 0 aromatic carbocycles. The molecule has 0 atom stereocenters. The van der Waals surface area contributed by atoms with Crippen LogP contribution in [0.1, 0.15) is 5.76 Å². The minimum absolute atomic E-state index is 0.0593. The zero-order valence-electron chi connectivity index (χ0n) is 13.9. The van der Waals surface area contributed by atoms with E-state index in [1.165, 1.54) is 18.1 Å². The predicted molar refractivity (Wildman–Crippen MR) is 106 cm³/mol. The van der Waals surface area contributed by atoms with Crippen LogP contribution in [-0.4, -0.2) is 51.2 Å². The monoisotopic (exact) mass is 407 g/mol. The molecule has 1 aliphatic rings. The Hall–Kier alpha value is -1.78. The van der Waals surface area contributed by atoms with Crippen LogP contribution in [0.4, 0.5) is 5.13 Å². The van der Waals surface area contributed by atoms with Gasteiger partial charge in [0.1, 0.15) is 21.8 Å². The molecule has 0 aliphatic carbocycles. The van der Waals surface area contributed by atoms with Gasteiger partial charge in [0.15, 0.2) is 10.8 Å². The normalized spacial score (nSPS) is 14.7. The number of fused-ring (bicyclic) bond motifs is 1. The number of carbonyl (C=O) groups is 1. The smallest absolute Gasteiger partial charge is 0.230 e. The second-order valence-corrected chi connectivity index (χ2v) is 8.74. The molecule has 1 saturated heterocycles. The number of hydrogen-bond acceptors (Lipinski definition) is 9. The minimum atomic E-state index is -0.0593. The molecule has 4 heterocycles. The summed E-state index contributed by atoms with van der Waals surface area (Å²) in [5.41, 5.74) is 0.705. The molecule has 10 heteroatoms. The van der Waals surface area contributed by atoms with Crippen molar-refractivity contribution >= 4 is 56.2 Å². The molecule has 0 spiro atoms. The van der Waals surface area contributed by atoms with E-state index in [4.69, 9.17) is 4.42 Å². The highest BCUT2D eigenvalue weighted by atomic mass is 32.2. The number of nitrogens with zero attached hydrogens (tertiary/aromatic N) is 4. The number of rotatable bonds is 6. The highest BCUT2D eigenvalue weighted by Gasteiger charge is 2.18. The quantitative estimate of drug-likeness (QED) is 0.493. The fourth-order valence-corrected chi connectivity index (χ4v) is 5.37. The molecule has 7 nitrogen and oxygen atoms in total. The summed E-state index contributed by atoms with van der Waals surface area (Å²) in [6.07, 6.45) is 3.11. The molecule has 0 bridgehead atoms. The zero-order valence-corrected chi connectivity index (χ0v) is 16.3. The maximum Gasteiger partial charge on any atom is 0.230 e. The second kappa shape index (κ2) is 8.28. The van der Waals surface area contributed by atoms with E-state index in [1.54, 1.807) is 23.7 Å². The Labute approximate surface area is 163 Å². The van der Waals surface area contributed by atoms with Crippen LogP contribution in [-0.2, 0) is 11.3 Å². The van der Waals surface area contributed by atoms with Crippen LogP contribution in [0.25, 0.3) is 10.3 Å². The van der Waals surface area contributed by atoms with Crippen molar-refractivity contribution in [2.45, 2.75) is 11.6 Å². The number of anilines is 1. The lowest BCUT2D eigenvalue weighted by Gasteiger charge is -2.25. The van der Waals surface area contributed by atoms with E-state index in [1.807, 2.05) is 17.8 Å². The molecule has 0 radical (unpaired) electrons. The van der Waals surface area contributed by atoms with Crippen LogP contribution in [0.15, 0.2) is 34.2 Å². The van der Waals surface area contributed by atoms with Gasteiger partial charge in [0.25, 0.3) is 0 Å². The Balaban J connectivity index is 1.41. The first-order chi connectivity index (χ1) is 12.8. The van der Waals surface area contributed by atoms with E-state index in [0.29, 0.717) is 17.9 Å². The van der Waals surface area contributed by atoms with E-state index >= 15 is 0 Å². The van der Waals surface area contributed by atoms with Gasteiger partial charge in [-0.25, -0.2) is 9.97 Å². The fourth-order valence-electron chi connectivity index (χ4n) is 2.50. The van der Waals surface area contributed by atoms with E-state index in [2.05, 4.69) is 25.2 Å². The van der Waals surface area contributed by atoms with Gasteiger partial charge in [0.05, 0.1) is 18.6 Å². The summed E-state index contributed by atoms with van der Waals surface area (Å²) in [6, 6.07) is 3.63. The van der Waals surface area contributed by atoms with E-state index in [0.717, 1.165) is 45.2 Å². The van der Waals surface area contributed by atoms with Crippen molar-refractivity contribution in [3.63, 3.8) is 0 Å². The number of amides is 1. The first-order valence-corrected chi connectivity index (χ1v) is 11.1. The lowest BCUT2D eigenvalue weighted by Crippen LogP contribution is -2.32. The maximum atomic E-state index is 12.1. The first-order valence-electron chi connectivity index (χ1n) is 8.16. The summed E-state index contributed by atoms with van der Waals surface area (Å²) >= 11 is 4.99. The standard InChI is InChI=1S/C16H17N5O2S3/c22-12(17-8-11-2-1-5-23-11)9-25-15-13-14(18-10-19-15)20-16(26-13)21-3-6-24-7-4-21/h1-2,5,10H,3-4,6-9H2,(H,17,22). The summed E-state index contributed by atoms with van der Waals surface area (Å²) in [4.78, 5) is 27.6. The molecule has 1 aliphatic heterocycles. The largest absolute Gasteiger partial charge is 0.467 e. The number of carbonyl (C=O) groups excluding carboxylic acids is 1. The van der Waals surface area contributed by atoms with Crippen molar-refractivity contribution in [1.29, 1.82) is 0 Å². The van der Waals surface area contributed by atoms with Crippen molar-refractivity contribution in [3.05, 3.63) is 30.5 Å². The van der Waals surface area contributed by atoms with Gasteiger partial charge in [0, 0.05) is 24.6 Å². The Morgan fingerprint density at radius 1 is 1.35 bits per heavy atom. The predicted octanol–water partition coefficient (Wildman–Crippen LogP) is 2.64. The summed E-state index contributed by atoms with van der Waals surface area (Å²) in [5.74, 6) is 3.22. The zero-order chi connectivity index (χ0) is 17.8. The molecule has 1 N–H and O–H groups in total. The molecular weight excluding hydrogens is 390 g/mol. The maximum absolute atomic E-state index is 12.1. The second-order valence-electron chi connectivity index (χ2n) is 5.57. The highest BCUT2D eigenvalue weighted by Crippen LogP contribution is 2.34. The lowest BCUT2D eigenvalue weighted by atomic mass is 10.4. The van der Waals surface area contributed by atoms with Crippen LogP contribution in [0.5, 0.6) is 0 Å². The molecule has 26 heavy (non-hydrogen) atoms. The third-order valence-electron chi connectivity index (χ3n) is 3.81. The summed E-state index contributed by atoms with van der Waals surface area (Å²) in [7, 11) is 0. The van der Waals surface area contributed by atoms with Crippen molar-refractivity contribution in [2.24, 2.45) is 0 Å². The molecule has 1 fully saturated rings. The van der Waals surface area contributed by atoms with Crippen LogP contribution in [0, 0.1) is 0 Å². The molecule has 0 unspecified atom stereocenters. The van der Waals surface area contributed by atoms with Gasteiger partial charge in [0.2, 0.25) is 5.91 Å². The van der Waals surface area contributed by atoms with Gasteiger partial charge < -0.3 is 14.6 Å². The Morgan fingerprint density at radius 3 is 3.04 bits per heavy atom. The lowest BCUT2D eigenvalue weighted by molar-refractivity contribution is -0.118. The summed E-state index contributed by atoms with van der Waals surface area (Å²) < 4.78 is 6.16. The first kappa shape index (κ1) is 17.6. The van der Waals surface area contributed by atoms with Crippen molar-refractivity contribution < 1.29 is 9.21 Å². The number of thioether (sulfide) groups is 2. The van der Waals surface area contributed by atoms with Gasteiger partial charge in [-0.1, -0.05) is 23.1 Å². The Kier molecular flexibility index (Phi) is 5.61. The topological polar surface area (TPSA) is 84.2 Å². The van der Waals surface area contributed by atoms with E-state index in [-0.39, 0.29) is 5.91 Å². The molecule has 3 aromatic heterocycles. The van der Waals surface area contributed by atoms with E-state index < -0.39 is 0 Å². The third kappa shape index (κ3) is 4.13. The molecule has 1 amide bonds. The van der Waals surface area contributed by atoms with Gasteiger partial charge in [-0.15, -0.1) is 0 Å². The SMILES string of the molecule is O=C(CSc1ncnc2nc(N3CCSCC3)sc12)NCc1ccco1. The van der Waals surface area contributed by atoms with Gasteiger partial charge >= 0.3 is 0 Å². The number of aromatic nitrogens is 3. The van der Waals surface area contributed by atoms with Crippen LogP contribution < -0.4 is 10.2 Å². The van der Waals surface area contributed by atoms with Crippen molar-refractivity contribution in [1.82, 2.24) is 20.3 Å². The fraction of sp³-hybridized carbons (Fsp3) is 0.375.